The van der Waals surface area contributed by atoms with Crippen molar-refractivity contribution in [3.63, 3.8) is 0 Å². The van der Waals surface area contributed by atoms with Crippen LogP contribution in [0.2, 0.25) is 0 Å². The number of carbonyl (C=O) groups is 1. The number of aromatic nitrogens is 1. The molecule has 2 aromatic rings. The predicted octanol–water partition coefficient (Wildman–Crippen LogP) is 1.98. The van der Waals surface area contributed by atoms with E-state index in [1.54, 1.807) is 11.1 Å². The van der Waals surface area contributed by atoms with Crippen LogP contribution < -0.4 is 10.6 Å². The standard InChI is InChI=1S/C14H15N3OS/c1-9-16-7-13(19-9)14(18)17-8-11(15)6-10-4-2-3-5-12(10)17/h2-5,7,11H,6,8,15H2,1H3. The van der Waals surface area contributed by atoms with Crippen LogP contribution in [0.4, 0.5) is 5.69 Å². The molecule has 5 heteroatoms. The fraction of sp³-hybridized carbons (Fsp3) is 0.286. The summed E-state index contributed by atoms with van der Waals surface area (Å²) in [4.78, 5) is 19.2. The lowest BCUT2D eigenvalue weighted by Gasteiger charge is -2.32. The summed E-state index contributed by atoms with van der Waals surface area (Å²) >= 11 is 1.42. The Kier molecular flexibility index (Phi) is 3.08. The number of para-hydroxylation sites is 1. The third-order valence-electron chi connectivity index (χ3n) is 3.26. The summed E-state index contributed by atoms with van der Waals surface area (Å²) in [5, 5.41) is 0.901. The number of fused-ring (bicyclic) bond motifs is 1. The molecule has 1 amide bonds. The van der Waals surface area contributed by atoms with Gasteiger partial charge in [-0.1, -0.05) is 18.2 Å². The zero-order valence-corrected chi connectivity index (χ0v) is 11.5. The first-order valence-electron chi connectivity index (χ1n) is 6.23. The first kappa shape index (κ1) is 12.3. The molecule has 0 aliphatic carbocycles. The van der Waals surface area contributed by atoms with Crippen molar-refractivity contribution in [3.05, 3.63) is 45.9 Å². The van der Waals surface area contributed by atoms with Crippen molar-refractivity contribution >= 4 is 22.9 Å². The molecule has 19 heavy (non-hydrogen) atoms. The minimum absolute atomic E-state index is 0.00630. The summed E-state index contributed by atoms with van der Waals surface area (Å²) < 4.78 is 0. The quantitative estimate of drug-likeness (QED) is 0.864. The van der Waals surface area contributed by atoms with Gasteiger partial charge in [-0.05, 0) is 25.0 Å². The van der Waals surface area contributed by atoms with E-state index < -0.39 is 0 Å². The van der Waals surface area contributed by atoms with Crippen LogP contribution in [0.3, 0.4) is 0 Å². The summed E-state index contributed by atoms with van der Waals surface area (Å²) in [6.07, 6.45) is 2.47. The van der Waals surface area contributed by atoms with Crippen molar-refractivity contribution in [1.29, 1.82) is 0 Å². The van der Waals surface area contributed by atoms with Gasteiger partial charge < -0.3 is 10.6 Å². The SMILES string of the molecule is Cc1ncc(C(=O)N2CC(N)Cc3ccccc32)s1. The number of hydrogen-bond donors (Lipinski definition) is 1. The molecular weight excluding hydrogens is 258 g/mol. The lowest BCUT2D eigenvalue weighted by Crippen LogP contribution is -2.46. The second-order valence-electron chi connectivity index (χ2n) is 4.75. The van der Waals surface area contributed by atoms with E-state index in [2.05, 4.69) is 4.98 Å². The second-order valence-corrected chi connectivity index (χ2v) is 5.99. The highest BCUT2D eigenvalue weighted by atomic mass is 32.1. The van der Waals surface area contributed by atoms with Gasteiger partial charge >= 0.3 is 0 Å². The molecule has 1 aromatic heterocycles. The van der Waals surface area contributed by atoms with Crippen LogP contribution in [-0.2, 0) is 6.42 Å². The van der Waals surface area contributed by atoms with Crippen LogP contribution in [0.5, 0.6) is 0 Å². The highest BCUT2D eigenvalue weighted by Crippen LogP contribution is 2.28. The minimum atomic E-state index is -0.00660. The van der Waals surface area contributed by atoms with E-state index in [9.17, 15) is 4.79 Å². The highest BCUT2D eigenvalue weighted by molar-refractivity contribution is 7.13. The number of aryl methyl sites for hydroxylation is 1. The van der Waals surface area contributed by atoms with E-state index in [1.807, 2.05) is 31.2 Å². The van der Waals surface area contributed by atoms with Gasteiger partial charge in [0, 0.05) is 18.3 Å². The van der Waals surface area contributed by atoms with Gasteiger partial charge in [0.2, 0.25) is 0 Å². The van der Waals surface area contributed by atoms with Crippen molar-refractivity contribution in [2.45, 2.75) is 19.4 Å². The van der Waals surface area contributed by atoms with Gasteiger partial charge in [-0.15, -0.1) is 11.3 Å². The van der Waals surface area contributed by atoms with Crippen LogP contribution in [-0.4, -0.2) is 23.5 Å². The molecule has 1 aliphatic heterocycles. The molecule has 0 bridgehead atoms. The smallest absolute Gasteiger partial charge is 0.270 e. The molecule has 2 N–H and O–H groups in total. The van der Waals surface area contributed by atoms with Crippen LogP contribution in [0.1, 0.15) is 20.2 Å². The van der Waals surface area contributed by atoms with E-state index in [-0.39, 0.29) is 11.9 Å². The lowest BCUT2D eigenvalue weighted by atomic mass is 9.98. The maximum Gasteiger partial charge on any atom is 0.270 e. The Morgan fingerprint density at radius 1 is 1.47 bits per heavy atom. The fourth-order valence-corrected chi connectivity index (χ4v) is 3.14. The summed E-state index contributed by atoms with van der Waals surface area (Å²) in [5.74, 6) is -0.00630. The van der Waals surface area contributed by atoms with Crippen molar-refractivity contribution in [2.24, 2.45) is 5.73 Å². The summed E-state index contributed by atoms with van der Waals surface area (Å²) in [5.41, 5.74) is 8.16. The third-order valence-corrected chi connectivity index (χ3v) is 4.16. The molecule has 0 spiro atoms. The maximum absolute atomic E-state index is 12.6. The molecule has 3 rings (SSSR count). The number of hydrogen-bond acceptors (Lipinski definition) is 4. The molecule has 0 saturated heterocycles. The monoisotopic (exact) mass is 273 g/mol. The summed E-state index contributed by atoms with van der Waals surface area (Å²) in [7, 11) is 0. The maximum atomic E-state index is 12.6. The molecule has 0 saturated carbocycles. The van der Waals surface area contributed by atoms with Crippen LogP contribution in [0.25, 0.3) is 0 Å². The molecule has 2 heterocycles. The van der Waals surface area contributed by atoms with Crippen LogP contribution >= 0.6 is 11.3 Å². The van der Waals surface area contributed by atoms with E-state index in [0.717, 1.165) is 22.7 Å². The Morgan fingerprint density at radius 3 is 3.00 bits per heavy atom. The molecule has 0 fully saturated rings. The lowest BCUT2D eigenvalue weighted by molar-refractivity contribution is 0.0987. The Labute approximate surface area is 115 Å². The van der Waals surface area contributed by atoms with Gasteiger partial charge in [-0.3, -0.25) is 4.79 Å². The minimum Gasteiger partial charge on any atom is -0.326 e. The second kappa shape index (κ2) is 4.75. The molecule has 0 radical (unpaired) electrons. The number of benzene rings is 1. The number of carbonyl (C=O) groups excluding carboxylic acids is 1. The molecular formula is C14H15N3OS. The molecule has 1 aromatic carbocycles. The van der Waals surface area contributed by atoms with Gasteiger partial charge in [0.1, 0.15) is 4.88 Å². The van der Waals surface area contributed by atoms with Gasteiger partial charge in [0.15, 0.2) is 0 Å². The summed E-state index contributed by atoms with van der Waals surface area (Å²) in [6, 6.07) is 7.94. The van der Waals surface area contributed by atoms with E-state index in [0.29, 0.717) is 11.4 Å². The molecule has 1 atom stereocenters. The van der Waals surface area contributed by atoms with Crippen LogP contribution in [0, 0.1) is 6.92 Å². The van der Waals surface area contributed by atoms with E-state index in [4.69, 9.17) is 5.73 Å². The van der Waals surface area contributed by atoms with Gasteiger partial charge in [-0.25, -0.2) is 4.98 Å². The number of rotatable bonds is 1. The Hall–Kier alpha value is -1.72. The van der Waals surface area contributed by atoms with Gasteiger partial charge in [-0.2, -0.15) is 0 Å². The Balaban J connectivity index is 1.99. The zero-order valence-electron chi connectivity index (χ0n) is 10.7. The normalized spacial score (nSPS) is 18.2. The first-order valence-corrected chi connectivity index (χ1v) is 7.04. The highest BCUT2D eigenvalue weighted by Gasteiger charge is 2.27. The van der Waals surface area contributed by atoms with Gasteiger partial charge in [0.05, 0.1) is 11.2 Å². The van der Waals surface area contributed by atoms with Crippen LogP contribution in [0.15, 0.2) is 30.5 Å². The largest absolute Gasteiger partial charge is 0.326 e. The molecule has 98 valence electrons. The average molecular weight is 273 g/mol. The number of anilines is 1. The number of amides is 1. The van der Waals surface area contributed by atoms with E-state index >= 15 is 0 Å². The van der Waals surface area contributed by atoms with Crippen molar-refractivity contribution in [2.75, 3.05) is 11.4 Å². The van der Waals surface area contributed by atoms with E-state index in [1.165, 1.54) is 11.3 Å². The third kappa shape index (κ3) is 2.27. The van der Waals surface area contributed by atoms with Crippen molar-refractivity contribution in [1.82, 2.24) is 4.98 Å². The molecule has 4 nitrogen and oxygen atoms in total. The number of nitrogens with two attached hydrogens (primary N) is 1. The number of thiazole rings is 1. The zero-order chi connectivity index (χ0) is 13.4. The Bertz CT molecular complexity index is 623. The molecule has 1 aliphatic rings. The number of nitrogens with zero attached hydrogens (tertiary/aromatic N) is 2. The summed E-state index contributed by atoms with van der Waals surface area (Å²) in [6.45, 7) is 2.46. The average Bonchev–Trinajstić information content (AvgIpc) is 2.83. The van der Waals surface area contributed by atoms with Gasteiger partial charge in [0.25, 0.3) is 5.91 Å². The Morgan fingerprint density at radius 2 is 2.26 bits per heavy atom. The fourth-order valence-electron chi connectivity index (χ4n) is 2.41. The topological polar surface area (TPSA) is 59.2 Å². The van der Waals surface area contributed by atoms with Crippen molar-refractivity contribution in [3.8, 4) is 0 Å². The van der Waals surface area contributed by atoms with Crippen molar-refractivity contribution < 1.29 is 4.79 Å². The predicted molar refractivity (Wildman–Crippen MR) is 76.6 cm³/mol. The first-order chi connectivity index (χ1) is 9.15. The molecule has 1 unspecified atom stereocenters.